The van der Waals surface area contributed by atoms with Gasteiger partial charge >= 0.3 is 5.97 Å². The number of para-hydroxylation sites is 1. The molecule has 0 saturated carbocycles. The fourth-order valence-electron chi connectivity index (χ4n) is 2.37. The van der Waals surface area contributed by atoms with E-state index in [0.717, 1.165) is 5.56 Å². The predicted octanol–water partition coefficient (Wildman–Crippen LogP) is 4.07. The average Bonchev–Trinajstić information content (AvgIpc) is 2.69. The van der Waals surface area contributed by atoms with Crippen LogP contribution in [0.15, 0.2) is 54.6 Å². The lowest BCUT2D eigenvalue weighted by molar-refractivity contribution is -0.148. The molecule has 2 rings (SSSR count). The van der Waals surface area contributed by atoms with E-state index in [2.05, 4.69) is 5.32 Å². The molecule has 1 N–H and O–H groups in total. The number of ether oxygens (including phenoxy) is 3. The van der Waals surface area contributed by atoms with Gasteiger partial charge in [-0.15, -0.1) is 0 Å². The van der Waals surface area contributed by atoms with Gasteiger partial charge in [0.1, 0.15) is 0 Å². The molecule has 0 aliphatic rings. The first-order valence-corrected chi connectivity index (χ1v) is 9.17. The van der Waals surface area contributed by atoms with Crippen molar-refractivity contribution in [2.24, 2.45) is 0 Å². The fraction of sp³-hybridized carbons (Fsp3) is 0.273. The van der Waals surface area contributed by atoms with Gasteiger partial charge in [-0.2, -0.15) is 0 Å². The number of anilines is 1. The first-order valence-electron chi connectivity index (χ1n) is 9.17. The number of benzene rings is 2. The summed E-state index contributed by atoms with van der Waals surface area (Å²) in [5, 5.41) is 2.69. The van der Waals surface area contributed by atoms with Crippen LogP contribution in [0.2, 0.25) is 0 Å². The van der Waals surface area contributed by atoms with E-state index in [-0.39, 0.29) is 0 Å². The van der Waals surface area contributed by atoms with E-state index in [4.69, 9.17) is 14.2 Å². The fourth-order valence-corrected chi connectivity index (χ4v) is 2.37. The summed E-state index contributed by atoms with van der Waals surface area (Å²) in [4.78, 5) is 24.1. The largest absolute Gasteiger partial charge is 0.490 e. The topological polar surface area (TPSA) is 73.9 Å². The highest BCUT2D eigenvalue weighted by atomic mass is 16.5. The van der Waals surface area contributed by atoms with Crippen LogP contribution in [0.4, 0.5) is 5.69 Å². The molecule has 0 spiro atoms. The third kappa shape index (κ3) is 6.46. The minimum absolute atomic E-state index is 0.396. The Morgan fingerprint density at radius 3 is 2.36 bits per heavy atom. The molecule has 2 aromatic rings. The number of carbonyl (C=O) groups is 2. The van der Waals surface area contributed by atoms with Gasteiger partial charge in [0.2, 0.25) is 0 Å². The summed E-state index contributed by atoms with van der Waals surface area (Å²) in [6.45, 7) is 6.34. The van der Waals surface area contributed by atoms with Crippen LogP contribution in [0.5, 0.6) is 11.5 Å². The second-order valence-electron chi connectivity index (χ2n) is 5.84. The molecule has 0 heterocycles. The molecule has 6 nitrogen and oxygen atoms in total. The first kappa shape index (κ1) is 21.0. The molecule has 0 aromatic heterocycles. The van der Waals surface area contributed by atoms with Gasteiger partial charge in [-0.25, -0.2) is 4.79 Å². The Morgan fingerprint density at radius 1 is 1.00 bits per heavy atom. The zero-order chi connectivity index (χ0) is 20.4. The standard InChI is InChI=1S/C22H25NO5/c1-4-26-19-13-11-17(15-20(19)27-5-2)12-14-21(24)28-16(3)22(25)23-18-9-7-6-8-10-18/h6-16H,4-5H2,1-3H3,(H,23,25)/b14-12+/t16-/m1/s1. The van der Waals surface area contributed by atoms with Gasteiger partial charge in [0.25, 0.3) is 5.91 Å². The minimum Gasteiger partial charge on any atom is -0.490 e. The first-order chi connectivity index (χ1) is 13.5. The van der Waals surface area contributed by atoms with Crippen LogP contribution < -0.4 is 14.8 Å². The quantitative estimate of drug-likeness (QED) is 0.522. The summed E-state index contributed by atoms with van der Waals surface area (Å²) >= 11 is 0. The molecule has 0 radical (unpaired) electrons. The van der Waals surface area contributed by atoms with E-state index in [1.54, 1.807) is 30.3 Å². The van der Waals surface area contributed by atoms with Crippen molar-refractivity contribution in [3.8, 4) is 11.5 Å². The zero-order valence-electron chi connectivity index (χ0n) is 16.3. The average molecular weight is 383 g/mol. The van der Waals surface area contributed by atoms with Crippen LogP contribution in [-0.2, 0) is 14.3 Å². The number of nitrogens with one attached hydrogen (secondary N) is 1. The van der Waals surface area contributed by atoms with Crippen molar-refractivity contribution in [1.29, 1.82) is 0 Å². The summed E-state index contributed by atoms with van der Waals surface area (Å²) in [7, 11) is 0. The van der Waals surface area contributed by atoms with Crippen molar-refractivity contribution in [3.05, 3.63) is 60.2 Å². The lowest BCUT2D eigenvalue weighted by atomic mass is 10.2. The summed E-state index contributed by atoms with van der Waals surface area (Å²) in [5.74, 6) is 0.251. The van der Waals surface area contributed by atoms with Gasteiger partial charge in [-0.05, 0) is 56.7 Å². The van der Waals surface area contributed by atoms with Crippen LogP contribution in [0, 0.1) is 0 Å². The molecule has 0 fully saturated rings. The zero-order valence-corrected chi connectivity index (χ0v) is 16.3. The van der Waals surface area contributed by atoms with E-state index in [9.17, 15) is 9.59 Å². The maximum Gasteiger partial charge on any atom is 0.331 e. The van der Waals surface area contributed by atoms with Crippen LogP contribution in [0.1, 0.15) is 26.3 Å². The summed E-state index contributed by atoms with van der Waals surface area (Å²) in [5.41, 5.74) is 1.40. The Kier molecular flexibility index (Phi) is 8.09. The maximum absolute atomic E-state index is 12.1. The van der Waals surface area contributed by atoms with E-state index in [0.29, 0.717) is 30.4 Å². The number of hydrogen-bond donors (Lipinski definition) is 1. The second-order valence-corrected chi connectivity index (χ2v) is 5.84. The summed E-state index contributed by atoms with van der Waals surface area (Å²) in [6, 6.07) is 14.4. The highest BCUT2D eigenvalue weighted by molar-refractivity contribution is 5.96. The third-order valence-electron chi connectivity index (χ3n) is 3.68. The Labute approximate surface area is 165 Å². The number of hydrogen-bond acceptors (Lipinski definition) is 5. The van der Waals surface area contributed by atoms with Crippen molar-refractivity contribution in [2.45, 2.75) is 26.9 Å². The minimum atomic E-state index is -0.920. The monoisotopic (exact) mass is 383 g/mol. The van der Waals surface area contributed by atoms with Crippen molar-refractivity contribution in [1.82, 2.24) is 0 Å². The molecular weight excluding hydrogens is 358 g/mol. The van der Waals surface area contributed by atoms with Gasteiger partial charge in [0, 0.05) is 11.8 Å². The number of rotatable bonds is 9. The molecule has 1 amide bonds. The van der Waals surface area contributed by atoms with Gasteiger partial charge in [-0.3, -0.25) is 4.79 Å². The van der Waals surface area contributed by atoms with Gasteiger partial charge in [-0.1, -0.05) is 24.3 Å². The maximum atomic E-state index is 12.1. The summed E-state index contributed by atoms with van der Waals surface area (Å²) < 4.78 is 16.2. The molecule has 0 aliphatic heterocycles. The molecule has 0 aliphatic carbocycles. The van der Waals surface area contributed by atoms with Gasteiger partial charge in [0.05, 0.1) is 13.2 Å². The normalized spacial score (nSPS) is 11.7. The van der Waals surface area contributed by atoms with Crippen LogP contribution in [0.25, 0.3) is 6.08 Å². The third-order valence-corrected chi connectivity index (χ3v) is 3.68. The van der Waals surface area contributed by atoms with E-state index in [1.807, 2.05) is 38.1 Å². The van der Waals surface area contributed by atoms with Crippen LogP contribution in [-0.4, -0.2) is 31.2 Å². The molecule has 0 saturated heterocycles. The SMILES string of the molecule is CCOc1ccc(/C=C/C(=O)O[C@H](C)C(=O)Nc2ccccc2)cc1OCC. The Morgan fingerprint density at radius 2 is 1.68 bits per heavy atom. The molecule has 0 bridgehead atoms. The smallest absolute Gasteiger partial charge is 0.331 e. The molecule has 6 heteroatoms. The Bertz CT molecular complexity index is 817. The second kappa shape index (κ2) is 10.8. The molecule has 0 unspecified atom stereocenters. The van der Waals surface area contributed by atoms with E-state index < -0.39 is 18.0 Å². The lowest BCUT2D eigenvalue weighted by Crippen LogP contribution is -2.29. The number of carbonyl (C=O) groups excluding carboxylic acids is 2. The van der Waals surface area contributed by atoms with E-state index >= 15 is 0 Å². The van der Waals surface area contributed by atoms with Gasteiger partial charge < -0.3 is 19.5 Å². The molecule has 148 valence electrons. The number of esters is 1. The molecule has 28 heavy (non-hydrogen) atoms. The predicted molar refractivity (Wildman–Crippen MR) is 108 cm³/mol. The number of amides is 1. The highest BCUT2D eigenvalue weighted by Crippen LogP contribution is 2.29. The molecule has 2 aromatic carbocycles. The molecule has 1 atom stereocenters. The lowest BCUT2D eigenvalue weighted by Gasteiger charge is -2.12. The molecular formula is C22H25NO5. The van der Waals surface area contributed by atoms with Crippen LogP contribution in [0.3, 0.4) is 0 Å². The van der Waals surface area contributed by atoms with E-state index in [1.165, 1.54) is 13.0 Å². The Hall–Kier alpha value is -3.28. The van der Waals surface area contributed by atoms with Crippen molar-refractivity contribution >= 4 is 23.6 Å². The Balaban J connectivity index is 1.95. The van der Waals surface area contributed by atoms with Crippen molar-refractivity contribution in [2.75, 3.05) is 18.5 Å². The van der Waals surface area contributed by atoms with Crippen molar-refractivity contribution < 1.29 is 23.8 Å². The summed E-state index contributed by atoms with van der Waals surface area (Å²) in [6.07, 6.45) is 1.96. The van der Waals surface area contributed by atoms with Crippen LogP contribution >= 0.6 is 0 Å². The highest BCUT2D eigenvalue weighted by Gasteiger charge is 2.16. The van der Waals surface area contributed by atoms with Crippen molar-refractivity contribution in [3.63, 3.8) is 0 Å². The van der Waals surface area contributed by atoms with Gasteiger partial charge in [0.15, 0.2) is 17.6 Å².